The Balaban J connectivity index is 1.32. The third-order valence-corrected chi connectivity index (χ3v) is 8.98. The number of halogens is 1. The molecule has 9 heteroatoms. The van der Waals surface area contributed by atoms with E-state index in [0.29, 0.717) is 52.9 Å². The number of hydrogen-bond donors (Lipinski definition) is 2. The molecular weight excluding hydrogens is 495 g/mol. The molecule has 3 fully saturated rings. The highest BCUT2D eigenvalue weighted by atomic mass is 19.1. The predicted molar refractivity (Wildman–Crippen MR) is 151 cm³/mol. The zero-order chi connectivity index (χ0) is 28.1. The number of guanidine groups is 1. The van der Waals surface area contributed by atoms with Crippen LogP contribution in [0.2, 0.25) is 0 Å². The summed E-state index contributed by atoms with van der Waals surface area (Å²) in [4.78, 5) is 34.6. The van der Waals surface area contributed by atoms with E-state index in [2.05, 4.69) is 36.2 Å². The Morgan fingerprint density at radius 2 is 2.00 bits per heavy atom. The molecule has 206 valence electrons. The molecule has 6 rings (SSSR count). The molecule has 4 atom stereocenters. The fourth-order valence-electron chi connectivity index (χ4n) is 6.76. The van der Waals surface area contributed by atoms with E-state index >= 15 is 0 Å². The molecule has 2 bridgehead atoms. The van der Waals surface area contributed by atoms with Gasteiger partial charge in [-0.05, 0) is 84.7 Å². The van der Waals surface area contributed by atoms with Gasteiger partial charge in [0.2, 0.25) is 11.9 Å². The summed E-state index contributed by atoms with van der Waals surface area (Å²) in [6.07, 6.45) is 3.91. The van der Waals surface area contributed by atoms with Gasteiger partial charge in [0, 0.05) is 13.5 Å². The number of amides is 1. The number of nitrogens with two attached hydrogens (primary N) is 1. The number of hydrazine groups is 1. The maximum Gasteiger partial charge on any atom is 0.261 e. The second-order valence-corrected chi connectivity index (χ2v) is 11.8. The van der Waals surface area contributed by atoms with Crippen molar-refractivity contribution in [2.75, 3.05) is 0 Å². The first-order valence-corrected chi connectivity index (χ1v) is 13.6. The highest BCUT2D eigenvalue weighted by Crippen LogP contribution is 2.62. The van der Waals surface area contributed by atoms with Crippen molar-refractivity contribution in [3.63, 3.8) is 0 Å². The van der Waals surface area contributed by atoms with Crippen LogP contribution in [0.1, 0.15) is 51.7 Å². The molecule has 1 amide bonds. The summed E-state index contributed by atoms with van der Waals surface area (Å²) in [6, 6.07) is 10.2. The van der Waals surface area contributed by atoms with Gasteiger partial charge in [-0.1, -0.05) is 32.9 Å². The minimum Gasteiger partial charge on any atom is -0.368 e. The topological polar surface area (TPSA) is 106 Å². The first-order valence-electron chi connectivity index (χ1n) is 13.6. The number of aromatic nitrogens is 2. The Kier molecular flexibility index (Phi) is 6.95. The Hall–Kier alpha value is -3.75. The van der Waals surface area contributed by atoms with Gasteiger partial charge in [0.15, 0.2) is 0 Å². The van der Waals surface area contributed by atoms with Crippen LogP contribution in [0.25, 0.3) is 10.9 Å². The smallest absolute Gasteiger partial charge is 0.261 e. The van der Waals surface area contributed by atoms with Gasteiger partial charge < -0.3 is 5.73 Å². The number of carbonyl (C=O) groups is 1. The van der Waals surface area contributed by atoms with Gasteiger partial charge in [-0.15, -0.1) is 0 Å². The standard InChI is InChI=1S/C30H37FN6O2/c1-17-6-7-20(25(31)12-17)10-11-36-16-33-26-14-21(8-9-22(26)28(36)39)34-29(32)35-37(19(3)38)27-13-18(2)23-15-24(27)30(23,4)5/h6-9,12,14,16,18,23-24,27H,10-11,13,15H2,1-5H3,(H3,32,34,35)/t18-,23-,24+,27?/m1/s1. The van der Waals surface area contributed by atoms with E-state index in [1.54, 1.807) is 36.2 Å². The van der Waals surface area contributed by atoms with Gasteiger partial charge in [0.1, 0.15) is 5.82 Å². The number of nitrogens with one attached hydrogen (secondary N) is 1. The van der Waals surface area contributed by atoms with Gasteiger partial charge >= 0.3 is 0 Å². The largest absolute Gasteiger partial charge is 0.368 e. The van der Waals surface area contributed by atoms with Gasteiger partial charge in [-0.3, -0.25) is 24.6 Å². The van der Waals surface area contributed by atoms with Crippen molar-refractivity contribution in [2.45, 2.75) is 66.5 Å². The van der Waals surface area contributed by atoms with Crippen LogP contribution in [0.3, 0.4) is 0 Å². The van der Waals surface area contributed by atoms with E-state index in [1.165, 1.54) is 17.0 Å². The summed E-state index contributed by atoms with van der Waals surface area (Å²) in [5.41, 5.74) is 11.7. The molecule has 3 N–H and O–H groups in total. The first kappa shape index (κ1) is 26.8. The summed E-state index contributed by atoms with van der Waals surface area (Å²) >= 11 is 0. The number of hydrogen-bond acceptors (Lipinski definition) is 4. The summed E-state index contributed by atoms with van der Waals surface area (Å²) < 4.78 is 15.7. The minimum atomic E-state index is -0.271. The van der Waals surface area contributed by atoms with E-state index in [9.17, 15) is 14.0 Å². The van der Waals surface area contributed by atoms with Crippen LogP contribution in [-0.2, 0) is 17.8 Å². The average Bonchev–Trinajstić information content (AvgIpc) is 2.87. The summed E-state index contributed by atoms with van der Waals surface area (Å²) in [7, 11) is 0. The quantitative estimate of drug-likeness (QED) is 0.287. The molecule has 2 aromatic carbocycles. The molecule has 1 unspecified atom stereocenters. The Labute approximate surface area is 228 Å². The molecule has 0 spiro atoms. The minimum absolute atomic E-state index is 0.0522. The van der Waals surface area contributed by atoms with Gasteiger partial charge in [-0.2, -0.15) is 0 Å². The van der Waals surface area contributed by atoms with E-state index in [4.69, 9.17) is 5.73 Å². The lowest BCUT2D eigenvalue weighted by molar-refractivity contribution is -0.167. The van der Waals surface area contributed by atoms with Gasteiger partial charge in [0.25, 0.3) is 5.56 Å². The number of nitrogens with zero attached hydrogens (tertiary/aromatic N) is 4. The lowest BCUT2D eigenvalue weighted by atomic mass is 9.44. The van der Waals surface area contributed by atoms with Crippen LogP contribution in [0.4, 0.5) is 10.1 Å². The fraction of sp³-hybridized carbons (Fsp3) is 0.467. The van der Waals surface area contributed by atoms with Crippen molar-refractivity contribution in [1.82, 2.24) is 20.0 Å². The Morgan fingerprint density at radius 3 is 2.67 bits per heavy atom. The van der Waals surface area contributed by atoms with Crippen molar-refractivity contribution in [3.8, 4) is 0 Å². The van der Waals surface area contributed by atoms with E-state index < -0.39 is 0 Å². The highest BCUT2D eigenvalue weighted by molar-refractivity contribution is 5.86. The van der Waals surface area contributed by atoms with E-state index in [1.807, 2.05) is 13.0 Å². The van der Waals surface area contributed by atoms with Crippen molar-refractivity contribution in [3.05, 3.63) is 70.0 Å². The maximum absolute atomic E-state index is 14.2. The van der Waals surface area contributed by atoms with Gasteiger partial charge in [0.05, 0.1) is 29.0 Å². The molecule has 0 radical (unpaired) electrons. The normalized spacial score (nSPS) is 23.8. The third kappa shape index (κ3) is 5.02. The van der Waals surface area contributed by atoms with Crippen LogP contribution < -0.4 is 16.7 Å². The lowest BCUT2D eigenvalue weighted by Gasteiger charge is -2.64. The second kappa shape index (κ2) is 10.1. The average molecular weight is 533 g/mol. The van der Waals surface area contributed by atoms with Crippen molar-refractivity contribution >= 4 is 28.5 Å². The van der Waals surface area contributed by atoms with Crippen molar-refractivity contribution in [2.24, 2.45) is 33.9 Å². The van der Waals surface area contributed by atoms with Crippen LogP contribution in [-0.4, -0.2) is 32.5 Å². The Morgan fingerprint density at radius 1 is 1.23 bits per heavy atom. The SMILES string of the molecule is CC(=O)N(NC(N)=Nc1ccc2c(=O)n(CCc3ccc(C)cc3F)cnc2c1)C1C[C@@H](C)[C@H]2C[C@@H]1C2(C)C. The Bertz CT molecular complexity index is 1510. The summed E-state index contributed by atoms with van der Waals surface area (Å²) in [6.45, 7) is 10.5. The van der Waals surface area contributed by atoms with Crippen molar-refractivity contribution in [1.29, 1.82) is 0 Å². The molecule has 3 aliphatic rings. The molecule has 0 saturated heterocycles. The second-order valence-electron chi connectivity index (χ2n) is 11.8. The zero-order valence-electron chi connectivity index (χ0n) is 23.2. The van der Waals surface area contributed by atoms with Crippen molar-refractivity contribution < 1.29 is 9.18 Å². The lowest BCUT2D eigenvalue weighted by Crippen LogP contribution is -2.66. The fourth-order valence-corrected chi connectivity index (χ4v) is 6.76. The molecule has 3 aromatic rings. The zero-order valence-corrected chi connectivity index (χ0v) is 23.2. The number of fused-ring (bicyclic) bond motifs is 3. The molecule has 1 heterocycles. The van der Waals surface area contributed by atoms with Crippen LogP contribution in [0.5, 0.6) is 0 Å². The number of carbonyl (C=O) groups excluding carboxylic acids is 1. The number of aliphatic imine (C=N–C) groups is 1. The predicted octanol–water partition coefficient (Wildman–Crippen LogP) is 4.46. The molecule has 39 heavy (non-hydrogen) atoms. The third-order valence-electron chi connectivity index (χ3n) is 8.98. The maximum atomic E-state index is 14.2. The van der Waals surface area contributed by atoms with Gasteiger partial charge in [-0.25, -0.2) is 14.4 Å². The highest BCUT2D eigenvalue weighted by Gasteiger charge is 2.59. The van der Waals surface area contributed by atoms with Crippen LogP contribution in [0.15, 0.2) is 52.5 Å². The van der Waals surface area contributed by atoms with Crippen LogP contribution >= 0.6 is 0 Å². The molecular formula is C30H37FN6O2. The van der Waals surface area contributed by atoms with E-state index in [-0.39, 0.29) is 34.7 Å². The molecule has 8 nitrogen and oxygen atoms in total. The first-order chi connectivity index (χ1) is 18.5. The summed E-state index contributed by atoms with van der Waals surface area (Å²) in [5, 5.41) is 2.09. The number of benzene rings is 2. The molecule has 3 saturated carbocycles. The molecule has 1 aromatic heterocycles. The number of rotatable bonds is 5. The van der Waals surface area contributed by atoms with Crippen LogP contribution in [0, 0.1) is 35.9 Å². The molecule has 3 aliphatic carbocycles. The number of aryl methyl sites for hydroxylation is 3. The van der Waals surface area contributed by atoms with E-state index in [0.717, 1.165) is 18.4 Å². The summed E-state index contributed by atoms with van der Waals surface area (Å²) in [5.74, 6) is 1.37. The molecule has 0 aliphatic heterocycles. The monoisotopic (exact) mass is 532 g/mol.